The molecular weight excluding hydrogens is 488 g/mol. The number of Topliss-reactive ketones (excluding diaryl/α,β-unsaturated/α-hetero) is 1. The van der Waals surface area contributed by atoms with Crippen molar-refractivity contribution in [1.29, 1.82) is 0 Å². The predicted octanol–water partition coefficient (Wildman–Crippen LogP) is 9.77. The van der Waals surface area contributed by atoms with E-state index in [9.17, 15) is 4.79 Å². The Morgan fingerprint density at radius 3 is 2.17 bits per heavy atom. The molecule has 1 N–H and O–H groups in total. The molecule has 3 fully saturated rings. The molecule has 0 saturated heterocycles. The van der Waals surface area contributed by atoms with Gasteiger partial charge in [0.05, 0.1) is 0 Å². The molecule has 0 aliphatic heterocycles. The van der Waals surface area contributed by atoms with Gasteiger partial charge in [-0.05, 0) is 125 Å². The first-order valence-electron chi connectivity index (χ1n) is 16.1. The summed E-state index contributed by atoms with van der Waals surface area (Å²) >= 11 is 0. The number of carbonyl (C=O) groups excluding carboxylic acids is 1. The van der Waals surface area contributed by atoms with Gasteiger partial charge in [0.25, 0.3) is 0 Å². The van der Waals surface area contributed by atoms with Crippen LogP contribution in [0, 0.1) is 23.2 Å². The van der Waals surface area contributed by atoms with E-state index in [-0.39, 0.29) is 5.78 Å². The molecule has 1 unspecified atom stereocenters. The molecule has 3 rings (SSSR count). The fraction of sp³-hybridized carbons (Fsp3) is 0.676. The van der Waals surface area contributed by atoms with Crippen molar-refractivity contribution in [2.45, 2.75) is 119 Å². The maximum Gasteiger partial charge on any atom is 0.158 e. The van der Waals surface area contributed by atoms with E-state index >= 15 is 0 Å². The van der Waals surface area contributed by atoms with Gasteiger partial charge in [0.2, 0.25) is 0 Å². The van der Waals surface area contributed by atoms with Gasteiger partial charge >= 0.3 is 0 Å². The van der Waals surface area contributed by atoms with Crippen LogP contribution in [0.2, 0.25) is 0 Å². The molecule has 0 aromatic rings. The monoisotopic (exact) mass is 548 g/mol. The number of fused-ring (bicyclic) bond motifs is 3. The van der Waals surface area contributed by atoms with E-state index in [4.69, 9.17) is 4.99 Å². The maximum absolute atomic E-state index is 13.1. The molecule has 3 aliphatic rings. The molecule has 0 aromatic heterocycles. The first-order valence-corrected chi connectivity index (χ1v) is 16.1. The van der Waals surface area contributed by atoms with Crippen molar-refractivity contribution in [2.75, 3.05) is 20.1 Å². The van der Waals surface area contributed by atoms with E-state index in [2.05, 4.69) is 72.7 Å². The molecule has 3 aliphatic carbocycles. The number of aliphatic imine (C=N–C) groups is 1. The Bertz CT molecular complexity index is 983. The third kappa shape index (κ3) is 9.82. The van der Waals surface area contributed by atoms with Crippen LogP contribution in [0.1, 0.15) is 119 Å². The first kappa shape index (κ1) is 34.2. The van der Waals surface area contributed by atoms with Crippen molar-refractivity contribution in [2.24, 2.45) is 28.2 Å². The minimum Gasteiger partial charge on any atom is -0.316 e. The van der Waals surface area contributed by atoms with Gasteiger partial charge in [0.15, 0.2) is 5.78 Å². The molecule has 3 heteroatoms. The quantitative estimate of drug-likeness (QED) is 0.0609. The van der Waals surface area contributed by atoms with Crippen LogP contribution in [0.4, 0.5) is 0 Å². The van der Waals surface area contributed by atoms with Crippen LogP contribution in [0.3, 0.4) is 0 Å². The molecule has 3 saturated carbocycles. The van der Waals surface area contributed by atoms with Crippen molar-refractivity contribution >= 4 is 11.5 Å². The molecule has 0 spiro atoms. The van der Waals surface area contributed by atoms with E-state index in [1.54, 1.807) is 0 Å². The lowest BCUT2D eigenvalue weighted by atomic mass is 9.56. The second kappa shape index (κ2) is 16.4. The Morgan fingerprint density at radius 2 is 1.65 bits per heavy atom. The smallest absolute Gasteiger partial charge is 0.158 e. The summed E-state index contributed by atoms with van der Waals surface area (Å²) in [7, 11) is 1.87. The molecule has 0 aromatic carbocycles. The number of rotatable bonds is 18. The molecule has 0 amide bonds. The summed E-state index contributed by atoms with van der Waals surface area (Å²) in [5, 5.41) is 3.55. The second-order valence-electron chi connectivity index (χ2n) is 13.3. The lowest BCUT2D eigenvalue weighted by Crippen LogP contribution is -2.38. The Hall–Kier alpha value is -2.00. The molecule has 40 heavy (non-hydrogen) atoms. The number of allylic oxidation sites excluding steroid dienone is 6. The van der Waals surface area contributed by atoms with Gasteiger partial charge in [0, 0.05) is 31.2 Å². The largest absolute Gasteiger partial charge is 0.316 e. The Labute approximate surface area is 247 Å². The highest BCUT2D eigenvalue weighted by Gasteiger charge is 2.43. The molecular formula is C37H60N2O. The topological polar surface area (TPSA) is 41.5 Å². The lowest BCUT2D eigenvalue weighted by molar-refractivity contribution is -0.115. The zero-order chi connectivity index (χ0) is 29.9. The summed E-state index contributed by atoms with van der Waals surface area (Å²) in [6.07, 6.45) is 15.4. The minimum absolute atomic E-state index is 0.194. The summed E-state index contributed by atoms with van der Waals surface area (Å²) in [6.45, 7) is 28.4. The summed E-state index contributed by atoms with van der Waals surface area (Å²) in [4.78, 5) is 17.8. The van der Waals surface area contributed by atoms with E-state index in [0.29, 0.717) is 30.1 Å². The standard InChI is InChI=1S/C37H60N2O/c1-11-12-13-35(40)29(7)23-33(24-30(8)37-18-14-32(15-19-37)16-20-37)36(31(9)38-10)34(27(4)5)22-28(6)17-21-39-25-26(2)3/h24,26,30,32,39H,4,6-7,11-23,25H2,1-3,5,8-10H3/b33-24-,36-34+,38-31?. The molecule has 0 radical (unpaired) electrons. The van der Waals surface area contributed by atoms with E-state index < -0.39 is 0 Å². The maximum atomic E-state index is 13.1. The normalized spacial score (nSPS) is 22.8. The van der Waals surface area contributed by atoms with E-state index in [1.165, 1.54) is 55.2 Å². The van der Waals surface area contributed by atoms with Gasteiger partial charge in [-0.1, -0.05) is 71.1 Å². The number of nitrogens with one attached hydrogen (secondary N) is 1. The van der Waals surface area contributed by atoms with Gasteiger partial charge in [-0.25, -0.2) is 0 Å². The van der Waals surface area contributed by atoms with Gasteiger partial charge in [-0.2, -0.15) is 0 Å². The van der Waals surface area contributed by atoms with Crippen molar-refractivity contribution < 1.29 is 4.79 Å². The van der Waals surface area contributed by atoms with Crippen LogP contribution in [-0.2, 0) is 4.79 Å². The number of unbranched alkanes of at least 4 members (excludes halogenated alkanes) is 1. The minimum atomic E-state index is 0.194. The van der Waals surface area contributed by atoms with Crippen LogP contribution in [0.15, 0.2) is 64.2 Å². The van der Waals surface area contributed by atoms with Crippen molar-refractivity contribution in [3.63, 3.8) is 0 Å². The number of hydrogen-bond donors (Lipinski definition) is 1. The zero-order valence-corrected chi connectivity index (χ0v) is 27.2. The summed E-state index contributed by atoms with van der Waals surface area (Å²) in [5.74, 6) is 2.21. The average Bonchev–Trinajstić information content (AvgIpc) is 2.93. The second-order valence-corrected chi connectivity index (χ2v) is 13.3. The molecule has 3 nitrogen and oxygen atoms in total. The Balaban J connectivity index is 2.52. The number of carbonyl (C=O) groups is 1. The summed E-state index contributed by atoms with van der Waals surface area (Å²) in [5.41, 5.74) is 7.91. The first-order chi connectivity index (χ1) is 18.9. The van der Waals surface area contributed by atoms with Gasteiger partial charge in [-0.3, -0.25) is 9.79 Å². The number of nitrogens with zero attached hydrogens (tertiary/aromatic N) is 1. The number of ketones is 1. The third-order valence-electron chi connectivity index (χ3n) is 9.59. The van der Waals surface area contributed by atoms with Crippen LogP contribution >= 0.6 is 0 Å². The van der Waals surface area contributed by atoms with Crippen LogP contribution in [0.5, 0.6) is 0 Å². The van der Waals surface area contributed by atoms with Crippen LogP contribution < -0.4 is 5.32 Å². The molecule has 1 atom stereocenters. The predicted molar refractivity (Wildman–Crippen MR) is 176 cm³/mol. The van der Waals surface area contributed by atoms with Gasteiger partial charge < -0.3 is 5.32 Å². The molecule has 2 bridgehead atoms. The van der Waals surface area contributed by atoms with Crippen molar-refractivity contribution in [3.8, 4) is 0 Å². The fourth-order valence-corrected chi connectivity index (χ4v) is 6.72. The van der Waals surface area contributed by atoms with Gasteiger partial charge in [0.1, 0.15) is 0 Å². The summed E-state index contributed by atoms with van der Waals surface area (Å²) < 4.78 is 0. The SMILES string of the molecule is C=C(CCNCC(C)C)C/C(C(=C)C)=C(C(C)=NC)\C(=C/C(C)C12CCC(CC1)CC2)CC(=C)C(=O)CCCC. The Kier molecular flexibility index (Phi) is 14.1. The zero-order valence-electron chi connectivity index (χ0n) is 27.2. The third-order valence-corrected chi connectivity index (χ3v) is 9.59. The lowest BCUT2D eigenvalue weighted by Gasteiger charge is -2.49. The highest BCUT2D eigenvalue weighted by molar-refractivity contribution is 6.04. The van der Waals surface area contributed by atoms with Crippen molar-refractivity contribution in [1.82, 2.24) is 5.32 Å². The van der Waals surface area contributed by atoms with Gasteiger partial charge in [-0.15, -0.1) is 0 Å². The van der Waals surface area contributed by atoms with Crippen LogP contribution in [0.25, 0.3) is 0 Å². The summed E-state index contributed by atoms with van der Waals surface area (Å²) in [6, 6.07) is 0. The van der Waals surface area contributed by atoms with Crippen LogP contribution in [-0.4, -0.2) is 31.6 Å². The van der Waals surface area contributed by atoms with E-state index in [0.717, 1.165) is 67.1 Å². The highest BCUT2D eigenvalue weighted by Crippen LogP contribution is 2.55. The van der Waals surface area contributed by atoms with Crippen molar-refractivity contribution in [3.05, 3.63) is 59.3 Å². The Morgan fingerprint density at radius 1 is 1.02 bits per heavy atom. The number of hydrogen-bond acceptors (Lipinski definition) is 3. The van der Waals surface area contributed by atoms with E-state index in [1.807, 2.05) is 7.05 Å². The fourth-order valence-electron chi connectivity index (χ4n) is 6.72. The average molecular weight is 549 g/mol. The molecule has 224 valence electrons. The highest BCUT2D eigenvalue weighted by atomic mass is 16.1. The molecule has 0 heterocycles.